The van der Waals surface area contributed by atoms with Crippen molar-refractivity contribution in [2.75, 3.05) is 25.1 Å². The Bertz CT molecular complexity index is 1150. The zero-order valence-electron chi connectivity index (χ0n) is 15.3. The summed E-state index contributed by atoms with van der Waals surface area (Å²) in [6, 6.07) is 13.6. The molecule has 6 nitrogen and oxygen atoms in total. The number of hydrogen-bond acceptors (Lipinski definition) is 5. The summed E-state index contributed by atoms with van der Waals surface area (Å²) in [5.74, 6) is 2.95. The van der Waals surface area contributed by atoms with Gasteiger partial charge in [0.05, 0.1) is 24.1 Å². The lowest BCUT2D eigenvalue weighted by atomic mass is 9.98. The number of fused-ring (bicyclic) bond motifs is 1. The Labute approximate surface area is 167 Å². The number of benzene rings is 2. The Kier molecular flexibility index (Phi) is 4.13. The summed E-state index contributed by atoms with van der Waals surface area (Å²) in [6.07, 6.45) is 3.44. The van der Waals surface area contributed by atoms with Gasteiger partial charge in [-0.15, -0.1) is 0 Å². The normalized spacial score (nSPS) is 14.3. The third-order valence-electron chi connectivity index (χ3n) is 5.07. The van der Waals surface area contributed by atoms with Crippen LogP contribution in [-0.4, -0.2) is 40.1 Å². The molecule has 1 fully saturated rings. The maximum atomic E-state index is 6.07. The molecule has 0 unspecified atom stereocenters. The molecule has 7 heteroatoms. The van der Waals surface area contributed by atoms with E-state index in [4.69, 9.17) is 21.3 Å². The van der Waals surface area contributed by atoms with Crippen molar-refractivity contribution in [3.63, 3.8) is 0 Å². The number of nitrogens with one attached hydrogen (secondary N) is 1. The highest BCUT2D eigenvalue weighted by Crippen LogP contribution is 2.38. The van der Waals surface area contributed by atoms with E-state index in [-0.39, 0.29) is 0 Å². The molecule has 0 spiro atoms. The van der Waals surface area contributed by atoms with E-state index in [2.05, 4.69) is 19.9 Å². The predicted molar refractivity (Wildman–Crippen MR) is 110 cm³/mol. The number of H-pyrrole nitrogens is 1. The number of aromatic amines is 1. The Balaban J connectivity index is 1.42. The van der Waals surface area contributed by atoms with Crippen molar-refractivity contribution in [1.82, 2.24) is 19.9 Å². The second-order valence-electron chi connectivity index (χ2n) is 6.81. The molecule has 0 radical (unpaired) electrons. The van der Waals surface area contributed by atoms with Gasteiger partial charge in [-0.25, -0.2) is 9.97 Å². The van der Waals surface area contributed by atoms with Gasteiger partial charge in [0.2, 0.25) is 0 Å². The first-order valence-electron chi connectivity index (χ1n) is 9.07. The number of imidazole rings is 1. The maximum absolute atomic E-state index is 6.07. The van der Waals surface area contributed by atoms with E-state index >= 15 is 0 Å². The van der Waals surface area contributed by atoms with Crippen molar-refractivity contribution in [2.24, 2.45) is 0 Å². The number of ether oxygens (including phenoxy) is 1. The molecule has 0 aliphatic carbocycles. The van der Waals surface area contributed by atoms with E-state index in [0.717, 1.165) is 52.8 Å². The third-order valence-corrected chi connectivity index (χ3v) is 5.31. The van der Waals surface area contributed by atoms with Gasteiger partial charge >= 0.3 is 0 Å². The van der Waals surface area contributed by atoms with Crippen LogP contribution in [0, 0.1) is 0 Å². The van der Waals surface area contributed by atoms with Crippen molar-refractivity contribution in [1.29, 1.82) is 0 Å². The fourth-order valence-electron chi connectivity index (χ4n) is 3.61. The second-order valence-corrected chi connectivity index (χ2v) is 7.25. The number of rotatable bonds is 4. The van der Waals surface area contributed by atoms with Crippen molar-refractivity contribution >= 4 is 28.5 Å². The van der Waals surface area contributed by atoms with Crippen LogP contribution in [0.15, 0.2) is 54.9 Å². The maximum Gasteiger partial charge on any atom is 0.155 e. The fourth-order valence-corrected chi connectivity index (χ4v) is 3.78. The summed E-state index contributed by atoms with van der Waals surface area (Å²) >= 11 is 6.07. The highest BCUT2D eigenvalue weighted by molar-refractivity contribution is 6.31. The van der Waals surface area contributed by atoms with Gasteiger partial charge in [0.15, 0.2) is 5.82 Å². The number of halogens is 1. The largest absolute Gasteiger partial charge is 0.496 e. The first-order chi connectivity index (χ1) is 13.7. The zero-order valence-corrected chi connectivity index (χ0v) is 16.0. The number of aromatic nitrogens is 4. The molecule has 0 bridgehead atoms. The zero-order chi connectivity index (χ0) is 19.1. The van der Waals surface area contributed by atoms with Crippen LogP contribution in [0.1, 0.15) is 11.7 Å². The molecule has 0 amide bonds. The van der Waals surface area contributed by atoms with E-state index < -0.39 is 0 Å². The molecule has 5 rings (SSSR count). The molecular formula is C21H18ClN5O. The molecule has 1 saturated heterocycles. The molecule has 3 heterocycles. The predicted octanol–water partition coefficient (Wildman–Crippen LogP) is 4.29. The van der Waals surface area contributed by atoms with E-state index in [0.29, 0.717) is 10.9 Å². The van der Waals surface area contributed by atoms with Crippen LogP contribution in [0.5, 0.6) is 5.75 Å². The minimum Gasteiger partial charge on any atom is -0.496 e. The Morgan fingerprint density at radius 1 is 1.11 bits per heavy atom. The van der Waals surface area contributed by atoms with Crippen LogP contribution in [0.3, 0.4) is 0 Å². The van der Waals surface area contributed by atoms with Crippen molar-refractivity contribution in [3.8, 4) is 17.0 Å². The first-order valence-corrected chi connectivity index (χ1v) is 9.45. The van der Waals surface area contributed by atoms with Gasteiger partial charge in [-0.2, -0.15) is 0 Å². The molecule has 1 N–H and O–H groups in total. The molecule has 140 valence electrons. The molecule has 0 atom stereocenters. The lowest BCUT2D eigenvalue weighted by molar-refractivity contribution is 0.416. The van der Waals surface area contributed by atoms with Crippen molar-refractivity contribution in [2.45, 2.75) is 5.92 Å². The summed E-state index contributed by atoms with van der Waals surface area (Å²) in [4.78, 5) is 19.5. The molecular weight excluding hydrogens is 374 g/mol. The molecule has 28 heavy (non-hydrogen) atoms. The molecule has 2 aromatic carbocycles. The van der Waals surface area contributed by atoms with E-state index in [9.17, 15) is 0 Å². The summed E-state index contributed by atoms with van der Waals surface area (Å²) in [5, 5.41) is 0.696. The number of para-hydroxylation sites is 1. The molecule has 4 aromatic rings. The number of methoxy groups -OCH3 is 1. The minimum absolute atomic E-state index is 0.318. The van der Waals surface area contributed by atoms with Gasteiger partial charge in [0.25, 0.3) is 0 Å². The average Bonchev–Trinajstić information content (AvgIpc) is 3.09. The SMILES string of the molecule is COc1ccccc1-c1nccnc1N1CC(c2nc3cc(Cl)ccc3[nH]2)C1. The Morgan fingerprint density at radius 3 is 2.79 bits per heavy atom. The smallest absolute Gasteiger partial charge is 0.155 e. The molecule has 2 aromatic heterocycles. The fraction of sp³-hybridized carbons (Fsp3) is 0.190. The molecule has 1 aliphatic heterocycles. The van der Waals surface area contributed by atoms with E-state index in [1.165, 1.54) is 0 Å². The number of nitrogens with zero attached hydrogens (tertiary/aromatic N) is 4. The van der Waals surface area contributed by atoms with E-state index in [1.807, 2.05) is 42.5 Å². The molecule has 1 aliphatic rings. The van der Waals surface area contributed by atoms with Gasteiger partial charge in [-0.05, 0) is 30.3 Å². The highest BCUT2D eigenvalue weighted by atomic mass is 35.5. The van der Waals surface area contributed by atoms with Crippen LogP contribution < -0.4 is 9.64 Å². The van der Waals surface area contributed by atoms with Crippen LogP contribution in [0.25, 0.3) is 22.3 Å². The molecule has 0 saturated carbocycles. The van der Waals surface area contributed by atoms with Crippen LogP contribution in [0.4, 0.5) is 5.82 Å². The number of anilines is 1. The van der Waals surface area contributed by atoms with Gasteiger partial charge in [-0.1, -0.05) is 23.7 Å². The lowest BCUT2D eigenvalue weighted by Crippen LogP contribution is -2.46. The number of hydrogen-bond donors (Lipinski definition) is 1. The van der Waals surface area contributed by atoms with Crippen molar-refractivity contribution < 1.29 is 4.74 Å². The van der Waals surface area contributed by atoms with Crippen molar-refractivity contribution in [3.05, 3.63) is 65.7 Å². The van der Waals surface area contributed by atoms with Crippen LogP contribution in [-0.2, 0) is 0 Å². The summed E-state index contributed by atoms with van der Waals surface area (Å²) < 4.78 is 5.51. The first kappa shape index (κ1) is 17.0. The Morgan fingerprint density at radius 2 is 1.93 bits per heavy atom. The minimum atomic E-state index is 0.318. The third kappa shape index (κ3) is 2.86. The summed E-state index contributed by atoms with van der Waals surface area (Å²) in [7, 11) is 1.67. The second kappa shape index (κ2) is 6.80. The topological polar surface area (TPSA) is 66.9 Å². The van der Waals surface area contributed by atoms with Gasteiger partial charge in [-0.3, -0.25) is 4.98 Å². The van der Waals surface area contributed by atoms with E-state index in [1.54, 1.807) is 19.5 Å². The summed E-state index contributed by atoms with van der Waals surface area (Å²) in [6.45, 7) is 1.66. The average molecular weight is 392 g/mol. The monoisotopic (exact) mass is 391 g/mol. The summed E-state index contributed by atoms with van der Waals surface area (Å²) in [5.41, 5.74) is 3.67. The van der Waals surface area contributed by atoms with Gasteiger partial charge in [0.1, 0.15) is 17.3 Å². The van der Waals surface area contributed by atoms with Crippen LogP contribution in [0.2, 0.25) is 5.02 Å². The Hall–Kier alpha value is -3.12. The van der Waals surface area contributed by atoms with Gasteiger partial charge < -0.3 is 14.6 Å². The quantitative estimate of drug-likeness (QED) is 0.562. The standard InChI is InChI=1S/C21H18ClN5O/c1-28-18-5-3-2-4-15(18)19-21(24-9-8-23-19)27-11-13(12-27)20-25-16-7-6-14(22)10-17(16)26-20/h2-10,13H,11-12H2,1H3,(H,25,26). The lowest BCUT2D eigenvalue weighted by Gasteiger charge is -2.39. The van der Waals surface area contributed by atoms with Gasteiger partial charge in [0, 0.05) is 36.1 Å². The van der Waals surface area contributed by atoms with Crippen LogP contribution >= 0.6 is 11.6 Å². The highest BCUT2D eigenvalue weighted by Gasteiger charge is 2.33.